The Bertz CT molecular complexity index is 505. The zero-order valence-corrected chi connectivity index (χ0v) is 12.6. The lowest BCUT2D eigenvalue weighted by molar-refractivity contribution is -0.136. The van der Waals surface area contributed by atoms with Gasteiger partial charge >= 0.3 is 0 Å². The minimum atomic E-state index is -0.0103. The second-order valence-corrected chi connectivity index (χ2v) is 4.88. The molecule has 21 heavy (non-hydrogen) atoms. The Kier molecular flexibility index (Phi) is 5.41. The van der Waals surface area contributed by atoms with Crippen molar-refractivity contribution in [2.45, 2.75) is 13.0 Å². The molecule has 0 atom stereocenters. The van der Waals surface area contributed by atoms with Crippen LogP contribution >= 0.6 is 0 Å². The molecule has 0 unspecified atom stereocenters. The molecule has 0 saturated heterocycles. The van der Waals surface area contributed by atoms with E-state index in [9.17, 15) is 4.79 Å². The molecule has 0 spiro atoms. The van der Waals surface area contributed by atoms with Crippen molar-refractivity contribution < 1.29 is 19.0 Å². The van der Waals surface area contributed by atoms with Gasteiger partial charge < -0.3 is 24.8 Å². The maximum absolute atomic E-state index is 12.1. The van der Waals surface area contributed by atoms with Gasteiger partial charge in [0.15, 0.2) is 11.5 Å². The van der Waals surface area contributed by atoms with Gasteiger partial charge in [0, 0.05) is 19.6 Å². The fraction of sp³-hybridized carbons (Fsp3) is 0.533. The van der Waals surface area contributed by atoms with Gasteiger partial charge in [0.25, 0.3) is 0 Å². The van der Waals surface area contributed by atoms with Crippen molar-refractivity contribution in [1.82, 2.24) is 4.90 Å². The van der Waals surface area contributed by atoms with Crippen LogP contribution in [-0.2, 0) is 22.5 Å². The molecule has 0 aliphatic carbocycles. The topological polar surface area (TPSA) is 74.0 Å². The molecule has 1 aliphatic rings. The monoisotopic (exact) mass is 294 g/mol. The predicted octanol–water partition coefficient (Wildman–Crippen LogP) is 0.564. The van der Waals surface area contributed by atoms with Gasteiger partial charge in [-0.25, -0.2) is 0 Å². The number of fused-ring (bicyclic) bond motifs is 1. The summed E-state index contributed by atoms with van der Waals surface area (Å²) in [5, 5.41) is 0. The van der Waals surface area contributed by atoms with Gasteiger partial charge in [-0.05, 0) is 29.7 Å². The molecule has 1 heterocycles. The molecule has 2 N–H and O–H groups in total. The van der Waals surface area contributed by atoms with Crippen LogP contribution in [0.15, 0.2) is 12.1 Å². The van der Waals surface area contributed by atoms with Crippen molar-refractivity contribution in [3.05, 3.63) is 23.3 Å². The normalized spacial score (nSPS) is 13.8. The van der Waals surface area contributed by atoms with Crippen LogP contribution in [-0.4, -0.2) is 51.3 Å². The molecule has 0 radical (unpaired) electrons. The molecule has 0 fully saturated rings. The number of hydrogen-bond donors (Lipinski definition) is 1. The van der Waals surface area contributed by atoms with E-state index in [1.165, 1.54) is 5.56 Å². The fourth-order valence-corrected chi connectivity index (χ4v) is 2.43. The fourth-order valence-electron chi connectivity index (χ4n) is 2.43. The molecule has 1 amide bonds. The van der Waals surface area contributed by atoms with Gasteiger partial charge in [-0.15, -0.1) is 0 Å². The van der Waals surface area contributed by atoms with Gasteiger partial charge in [0.2, 0.25) is 5.91 Å². The third kappa shape index (κ3) is 3.65. The summed E-state index contributed by atoms with van der Waals surface area (Å²) in [4.78, 5) is 13.9. The number of benzene rings is 1. The van der Waals surface area contributed by atoms with Crippen molar-refractivity contribution in [1.29, 1.82) is 0 Å². The summed E-state index contributed by atoms with van der Waals surface area (Å²) in [6.07, 6.45) is 0.804. The van der Waals surface area contributed by atoms with Crippen LogP contribution in [0.3, 0.4) is 0 Å². The number of carbonyl (C=O) groups excluding carboxylic acids is 1. The van der Waals surface area contributed by atoms with Crippen molar-refractivity contribution >= 4 is 5.91 Å². The molecular formula is C15H22N2O4. The molecule has 6 heteroatoms. The Labute approximate surface area is 124 Å². The standard InChI is InChI=1S/C15H22N2O4/c1-19-13-7-11-3-5-17(15(18)10-21-6-4-16)9-12(11)8-14(13)20-2/h7-8H,3-6,9-10,16H2,1-2H3. The molecule has 0 bridgehead atoms. The Hall–Kier alpha value is -1.79. The summed E-state index contributed by atoms with van der Waals surface area (Å²) >= 11 is 0. The van der Waals surface area contributed by atoms with Crippen LogP contribution < -0.4 is 15.2 Å². The number of nitrogens with two attached hydrogens (primary N) is 1. The van der Waals surface area contributed by atoms with Crippen molar-refractivity contribution in [3.8, 4) is 11.5 Å². The average molecular weight is 294 g/mol. The lowest BCUT2D eigenvalue weighted by Gasteiger charge is -2.29. The minimum absolute atomic E-state index is 0.0103. The lowest BCUT2D eigenvalue weighted by atomic mass is 9.99. The van der Waals surface area contributed by atoms with E-state index in [0.717, 1.165) is 17.7 Å². The van der Waals surface area contributed by atoms with Crippen LogP contribution in [0.5, 0.6) is 11.5 Å². The molecule has 0 aromatic heterocycles. The Morgan fingerprint density at radius 2 is 1.90 bits per heavy atom. The molecule has 0 saturated carbocycles. The SMILES string of the molecule is COc1cc2c(cc1OC)CN(C(=O)COCCN)CC2. The summed E-state index contributed by atoms with van der Waals surface area (Å²) in [5.74, 6) is 1.40. The summed E-state index contributed by atoms with van der Waals surface area (Å²) in [6.45, 7) is 2.17. The van der Waals surface area contributed by atoms with Crippen molar-refractivity contribution in [2.75, 3.05) is 40.5 Å². The van der Waals surface area contributed by atoms with Crippen LogP contribution in [0.25, 0.3) is 0 Å². The predicted molar refractivity (Wildman–Crippen MR) is 78.5 cm³/mol. The number of carbonyl (C=O) groups is 1. The Morgan fingerprint density at radius 1 is 1.24 bits per heavy atom. The smallest absolute Gasteiger partial charge is 0.248 e. The molecule has 6 nitrogen and oxygen atoms in total. The molecule has 1 aromatic rings. The van der Waals surface area contributed by atoms with Crippen LogP contribution in [0.1, 0.15) is 11.1 Å². The second-order valence-electron chi connectivity index (χ2n) is 4.88. The second kappa shape index (κ2) is 7.28. The number of hydrogen-bond acceptors (Lipinski definition) is 5. The number of amides is 1. The van der Waals surface area contributed by atoms with E-state index >= 15 is 0 Å². The first-order chi connectivity index (χ1) is 10.2. The average Bonchev–Trinajstić information content (AvgIpc) is 2.52. The van der Waals surface area contributed by atoms with E-state index < -0.39 is 0 Å². The summed E-state index contributed by atoms with van der Waals surface area (Å²) in [7, 11) is 3.23. The highest BCUT2D eigenvalue weighted by Gasteiger charge is 2.22. The highest BCUT2D eigenvalue weighted by Crippen LogP contribution is 2.33. The zero-order valence-electron chi connectivity index (χ0n) is 12.6. The molecule has 1 aromatic carbocycles. The highest BCUT2D eigenvalue weighted by atomic mass is 16.5. The molecule has 116 valence electrons. The first-order valence-corrected chi connectivity index (χ1v) is 6.99. The first-order valence-electron chi connectivity index (χ1n) is 6.99. The van der Waals surface area contributed by atoms with E-state index in [1.54, 1.807) is 19.1 Å². The van der Waals surface area contributed by atoms with Gasteiger partial charge in [0.1, 0.15) is 6.61 Å². The number of methoxy groups -OCH3 is 2. The number of ether oxygens (including phenoxy) is 3. The molecule has 1 aliphatic heterocycles. The number of nitrogens with zero attached hydrogens (tertiary/aromatic N) is 1. The Morgan fingerprint density at radius 3 is 2.52 bits per heavy atom. The Balaban J connectivity index is 2.07. The lowest BCUT2D eigenvalue weighted by Crippen LogP contribution is -2.38. The van der Waals surface area contributed by atoms with Crippen molar-refractivity contribution in [2.24, 2.45) is 5.73 Å². The van der Waals surface area contributed by atoms with Gasteiger partial charge in [0.05, 0.1) is 20.8 Å². The summed E-state index contributed by atoms with van der Waals surface area (Å²) in [5.41, 5.74) is 7.62. The maximum Gasteiger partial charge on any atom is 0.248 e. The van der Waals surface area contributed by atoms with Gasteiger partial charge in [-0.2, -0.15) is 0 Å². The largest absolute Gasteiger partial charge is 0.493 e. The highest BCUT2D eigenvalue weighted by molar-refractivity contribution is 5.77. The number of rotatable bonds is 6. The zero-order chi connectivity index (χ0) is 15.2. The quantitative estimate of drug-likeness (QED) is 0.776. The summed E-state index contributed by atoms with van der Waals surface area (Å²) < 4.78 is 15.8. The van der Waals surface area contributed by atoms with E-state index in [2.05, 4.69) is 0 Å². The van der Waals surface area contributed by atoms with Gasteiger partial charge in [-0.3, -0.25) is 4.79 Å². The third-order valence-corrected chi connectivity index (χ3v) is 3.56. The van der Waals surface area contributed by atoms with Gasteiger partial charge in [-0.1, -0.05) is 0 Å². The third-order valence-electron chi connectivity index (χ3n) is 3.56. The molecule has 2 rings (SSSR count). The minimum Gasteiger partial charge on any atom is -0.493 e. The van der Waals surface area contributed by atoms with E-state index in [-0.39, 0.29) is 12.5 Å². The van der Waals surface area contributed by atoms with E-state index in [4.69, 9.17) is 19.9 Å². The van der Waals surface area contributed by atoms with Crippen LogP contribution in [0.4, 0.5) is 0 Å². The van der Waals surface area contributed by atoms with Crippen LogP contribution in [0.2, 0.25) is 0 Å². The molecular weight excluding hydrogens is 272 g/mol. The van der Waals surface area contributed by atoms with E-state index in [0.29, 0.717) is 32.0 Å². The van der Waals surface area contributed by atoms with E-state index in [1.807, 2.05) is 12.1 Å². The maximum atomic E-state index is 12.1. The van der Waals surface area contributed by atoms with Crippen molar-refractivity contribution in [3.63, 3.8) is 0 Å². The first kappa shape index (κ1) is 15.6. The summed E-state index contributed by atoms with van der Waals surface area (Å²) in [6, 6.07) is 3.93. The van der Waals surface area contributed by atoms with Crippen LogP contribution in [0, 0.1) is 0 Å².